The first-order chi connectivity index (χ1) is 14.8. The molecule has 1 aliphatic carbocycles. The van der Waals surface area contributed by atoms with Crippen molar-refractivity contribution >= 4 is 11.2 Å². The van der Waals surface area contributed by atoms with Gasteiger partial charge < -0.3 is 4.90 Å². The third-order valence-electron chi connectivity index (χ3n) is 6.51. The van der Waals surface area contributed by atoms with Crippen molar-refractivity contribution in [2.45, 2.75) is 37.8 Å². The van der Waals surface area contributed by atoms with Gasteiger partial charge in [0.2, 0.25) is 0 Å². The van der Waals surface area contributed by atoms with Gasteiger partial charge in [0.15, 0.2) is 5.65 Å². The second kappa shape index (κ2) is 7.72. The summed E-state index contributed by atoms with van der Waals surface area (Å²) >= 11 is 0. The monoisotopic (exact) mass is 393 g/mol. The molecule has 1 aromatic carbocycles. The first kappa shape index (κ1) is 17.4. The van der Waals surface area contributed by atoms with E-state index in [0.717, 1.165) is 68.7 Å². The number of hydrogen-bond donors (Lipinski definition) is 0. The quantitative estimate of drug-likeness (QED) is 0.683. The van der Waals surface area contributed by atoms with Gasteiger partial charge in [-0.3, -0.25) is 14.0 Å². The first-order valence-electron chi connectivity index (χ1n) is 11.2. The van der Waals surface area contributed by atoms with Crippen LogP contribution in [-0.4, -0.2) is 68.1 Å². The van der Waals surface area contributed by atoms with Crippen LogP contribution in [0.25, 0.3) is 16.9 Å². The molecule has 0 spiro atoms. The van der Waals surface area contributed by atoms with E-state index in [9.17, 15) is 4.79 Å². The van der Waals surface area contributed by atoms with Gasteiger partial charge in [-0.25, -0.2) is 14.8 Å². The summed E-state index contributed by atoms with van der Waals surface area (Å²) in [6.45, 7) is 4.08. The van der Waals surface area contributed by atoms with E-state index in [-0.39, 0.29) is 11.7 Å². The maximum Gasteiger partial charge on any atom is 0.335 e. The largest absolute Gasteiger partial charge is 0.335 e. The lowest BCUT2D eigenvalue weighted by Gasteiger charge is -2.41. The van der Waals surface area contributed by atoms with Gasteiger partial charge in [0.1, 0.15) is 11.8 Å². The normalized spacial score (nSPS) is 24.6. The van der Waals surface area contributed by atoms with Gasteiger partial charge >= 0.3 is 5.69 Å². The van der Waals surface area contributed by atoms with Crippen LogP contribution in [0.15, 0.2) is 47.7 Å². The minimum absolute atomic E-state index is 0.0239. The van der Waals surface area contributed by atoms with Crippen LogP contribution in [0.2, 0.25) is 0 Å². The van der Waals surface area contributed by atoms with Crippen molar-refractivity contribution in [3.05, 3.63) is 53.3 Å². The molecule has 0 unspecified atom stereocenters. The van der Waals surface area contributed by atoms with Crippen molar-refractivity contribution in [2.24, 2.45) is 0 Å². The van der Waals surface area contributed by atoms with Crippen LogP contribution >= 0.6 is 0 Å². The Bertz CT molecular complexity index is 1050. The van der Waals surface area contributed by atoms with Gasteiger partial charge in [-0.2, -0.15) is 0 Å². The SMILES string of the molecule is [2H]CN1CCN(C2CCC(n3c(=O)n(-c4ccccc4)c4cncnc43)CC2)CC1. The van der Waals surface area contributed by atoms with Crippen LogP contribution < -0.4 is 5.69 Å². The van der Waals surface area contributed by atoms with Crippen LogP contribution in [0.5, 0.6) is 0 Å². The average molecular weight is 394 g/mol. The summed E-state index contributed by atoms with van der Waals surface area (Å²) in [7, 11) is 0.400. The van der Waals surface area contributed by atoms with E-state index in [0.29, 0.717) is 13.1 Å². The predicted octanol–water partition coefficient (Wildman–Crippen LogP) is 2.31. The van der Waals surface area contributed by atoms with Crippen molar-refractivity contribution in [3.8, 4) is 5.69 Å². The molecular formula is C22H28N6O. The van der Waals surface area contributed by atoms with Gasteiger partial charge in [0, 0.05) is 39.6 Å². The number of nitrogens with zero attached hydrogens (tertiary/aromatic N) is 6. The number of benzene rings is 1. The lowest BCUT2D eigenvalue weighted by molar-refractivity contribution is 0.0824. The fourth-order valence-corrected chi connectivity index (χ4v) is 4.93. The smallest absolute Gasteiger partial charge is 0.304 e. The molecule has 1 saturated carbocycles. The Morgan fingerprint density at radius 3 is 2.45 bits per heavy atom. The van der Waals surface area contributed by atoms with Gasteiger partial charge in [-0.15, -0.1) is 0 Å². The molecule has 7 heteroatoms. The molecule has 1 saturated heterocycles. The number of piperazine rings is 1. The standard InChI is InChI=1S/C22H28N6O/c1-25-11-13-26(14-12-25)17-7-9-19(10-8-17)28-21-20(15-23-16-24-21)27(22(28)29)18-5-3-2-4-6-18/h2-6,15-17,19H,7-14H2,1H3/i1D. The molecule has 0 atom stereocenters. The van der Waals surface area contributed by atoms with Gasteiger partial charge in [0.05, 0.1) is 11.9 Å². The van der Waals surface area contributed by atoms with Crippen LogP contribution in [-0.2, 0) is 0 Å². The average Bonchev–Trinajstić information content (AvgIpc) is 3.11. The van der Waals surface area contributed by atoms with Crippen LogP contribution in [0.1, 0.15) is 33.1 Å². The maximum atomic E-state index is 13.5. The lowest BCUT2D eigenvalue weighted by atomic mass is 9.89. The number of imidazole rings is 1. The highest BCUT2D eigenvalue weighted by Crippen LogP contribution is 2.32. The molecular weight excluding hydrogens is 364 g/mol. The number of hydrogen-bond acceptors (Lipinski definition) is 5. The molecule has 0 bridgehead atoms. The fourth-order valence-electron chi connectivity index (χ4n) is 4.93. The zero-order chi connectivity index (χ0) is 20.5. The topological polar surface area (TPSA) is 59.2 Å². The summed E-state index contributed by atoms with van der Waals surface area (Å²) in [6, 6.07) is 10.5. The van der Waals surface area contributed by atoms with Crippen LogP contribution in [0, 0.1) is 0 Å². The van der Waals surface area contributed by atoms with E-state index >= 15 is 0 Å². The summed E-state index contributed by atoms with van der Waals surface area (Å²) in [6.07, 6.45) is 7.44. The van der Waals surface area contributed by atoms with Crippen molar-refractivity contribution in [3.63, 3.8) is 0 Å². The van der Waals surface area contributed by atoms with Crippen molar-refractivity contribution in [1.82, 2.24) is 28.9 Å². The minimum Gasteiger partial charge on any atom is -0.304 e. The number of aromatic nitrogens is 4. The van der Waals surface area contributed by atoms with Crippen molar-refractivity contribution < 1.29 is 1.37 Å². The molecule has 2 aromatic heterocycles. The van der Waals surface area contributed by atoms with E-state index in [1.54, 1.807) is 10.8 Å². The van der Waals surface area contributed by atoms with E-state index in [4.69, 9.17) is 1.37 Å². The summed E-state index contributed by atoms with van der Waals surface area (Å²) in [5, 5.41) is 0. The summed E-state index contributed by atoms with van der Waals surface area (Å²) in [5.74, 6) is 0. The fraction of sp³-hybridized carbons (Fsp3) is 0.500. The van der Waals surface area contributed by atoms with E-state index in [1.807, 2.05) is 34.9 Å². The Kier molecular flexibility index (Phi) is 4.62. The number of fused-ring (bicyclic) bond motifs is 1. The lowest BCUT2D eigenvalue weighted by Crippen LogP contribution is -2.50. The van der Waals surface area contributed by atoms with E-state index < -0.39 is 0 Å². The summed E-state index contributed by atoms with van der Waals surface area (Å²) in [5.41, 5.74) is 2.32. The molecule has 2 fully saturated rings. The molecule has 5 rings (SSSR count). The third kappa shape index (κ3) is 3.38. The Hall–Kier alpha value is -2.51. The summed E-state index contributed by atoms with van der Waals surface area (Å²) < 4.78 is 11.2. The second-order valence-corrected chi connectivity index (χ2v) is 8.17. The number of para-hydroxylation sites is 1. The molecule has 152 valence electrons. The highest BCUT2D eigenvalue weighted by molar-refractivity contribution is 5.73. The third-order valence-corrected chi connectivity index (χ3v) is 6.51. The van der Waals surface area contributed by atoms with Crippen LogP contribution in [0.3, 0.4) is 0 Å². The van der Waals surface area contributed by atoms with Gasteiger partial charge in [-0.05, 0) is 44.8 Å². The molecule has 0 N–H and O–H groups in total. The first-order valence-corrected chi connectivity index (χ1v) is 10.5. The predicted molar refractivity (Wildman–Crippen MR) is 113 cm³/mol. The summed E-state index contributed by atoms with van der Waals surface area (Å²) in [4.78, 5) is 26.9. The molecule has 1 aliphatic heterocycles. The molecule has 0 radical (unpaired) electrons. The van der Waals surface area contributed by atoms with Gasteiger partial charge in [0.25, 0.3) is 0 Å². The zero-order valence-corrected chi connectivity index (χ0v) is 16.7. The highest BCUT2D eigenvalue weighted by Gasteiger charge is 2.30. The van der Waals surface area contributed by atoms with Crippen LogP contribution in [0.4, 0.5) is 0 Å². The Morgan fingerprint density at radius 2 is 1.72 bits per heavy atom. The molecule has 0 amide bonds. The second-order valence-electron chi connectivity index (χ2n) is 8.17. The molecule has 3 heterocycles. The number of likely N-dealkylation sites (N-methyl/N-ethyl adjacent to an activating group) is 1. The molecule has 3 aromatic rings. The number of rotatable bonds is 3. The van der Waals surface area contributed by atoms with Gasteiger partial charge in [-0.1, -0.05) is 18.2 Å². The zero-order valence-electron chi connectivity index (χ0n) is 17.7. The molecule has 29 heavy (non-hydrogen) atoms. The van der Waals surface area contributed by atoms with E-state index in [1.165, 1.54) is 6.33 Å². The van der Waals surface area contributed by atoms with Crippen molar-refractivity contribution in [2.75, 3.05) is 33.2 Å². The van der Waals surface area contributed by atoms with Crippen molar-refractivity contribution in [1.29, 1.82) is 0 Å². The Morgan fingerprint density at radius 1 is 1.00 bits per heavy atom. The maximum absolute atomic E-state index is 13.5. The Balaban J connectivity index is 1.39. The molecule has 7 nitrogen and oxygen atoms in total. The van der Waals surface area contributed by atoms with E-state index in [2.05, 4.69) is 19.8 Å². The molecule has 2 aliphatic rings. The Labute approximate surface area is 172 Å². The highest BCUT2D eigenvalue weighted by atomic mass is 16.1. The minimum atomic E-state index is -0.0239.